The van der Waals surface area contributed by atoms with E-state index in [0.717, 1.165) is 0 Å². The quantitative estimate of drug-likeness (QED) is 0.626. The number of ketones is 1. The third-order valence-corrected chi connectivity index (χ3v) is 3.64. The molecule has 0 fully saturated rings. The number of rotatable bonds is 6. The molecule has 1 amide bonds. The lowest BCUT2D eigenvalue weighted by atomic mass is 9.91. The Kier molecular flexibility index (Phi) is 5.71. The fourth-order valence-corrected chi connectivity index (χ4v) is 2.05. The van der Waals surface area contributed by atoms with Crippen LogP contribution in [0.4, 0.5) is 11.4 Å². The van der Waals surface area contributed by atoms with Crippen LogP contribution in [0.25, 0.3) is 0 Å². The molecule has 2 aromatic rings. The van der Waals surface area contributed by atoms with E-state index in [1.54, 1.807) is 30.3 Å². The second-order valence-electron chi connectivity index (χ2n) is 6.72. The topological polar surface area (TPSA) is 98.5 Å². The van der Waals surface area contributed by atoms with Gasteiger partial charge in [0.05, 0.1) is 4.92 Å². The summed E-state index contributed by atoms with van der Waals surface area (Å²) in [7, 11) is 0. The van der Waals surface area contributed by atoms with Gasteiger partial charge in [0.1, 0.15) is 17.9 Å². The SMILES string of the molecule is CC(C)(C)C(=O)COc1cccc(NC(=O)c2ccccc2[N+](=O)[O-])c1. The minimum atomic E-state index is -0.605. The van der Waals surface area contributed by atoms with Gasteiger partial charge in [0.25, 0.3) is 11.6 Å². The Morgan fingerprint density at radius 3 is 2.46 bits per heavy atom. The summed E-state index contributed by atoms with van der Waals surface area (Å²) in [4.78, 5) is 34.7. The van der Waals surface area contributed by atoms with Gasteiger partial charge in [-0.1, -0.05) is 39.0 Å². The van der Waals surface area contributed by atoms with Crippen LogP contribution < -0.4 is 10.1 Å². The molecule has 0 aliphatic carbocycles. The Bertz CT molecular complexity index is 840. The van der Waals surface area contributed by atoms with Crippen molar-refractivity contribution in [2.45, 2.75) is 20.8 Å². The first-order chi connectivity index (χ1) is 12.2. The summed E-state index contributed by atoms with van der Waals surface area (Å²) in [6, 6.07) is 12.2. The zero-order chi connectivity index (χ0) is 19.3. The fourth-order valence-electron chi connectivity index (χ4n) is 2.05. The van der Waals surface area contributed by atoms with Crippen LogP contribution in [-0.4, -0.2) is 23.2 Å². The number of nitro benzene ring substituents is 1. The monoisotopic (exact) mass is 356 g/mol. The number of amides is 1. The van der Waals surface area contributed by atoms with E-state index < -0.39 is 16.2 Å². The highest BCUT2D eigenvalue weighted by Gasteiger charge is 2.22. The summed E-state index contributed by atoms with van der Waals surface area (Å²) >= 11 is 0. The average Bonchev–Trinajstić information content (AvgIpc) is 2.59. The largest absolute Gasteiger partial charge is 0.486 e. The van der Waals surface area contributed by atoms with E-state index in [2.05, 4.69) is 5.32 Å². The molecular formula is C19H20N2O5. The molecule has 0 aliphatic heterocycles. The molecule has 0 radical (unpaired) electrons. The van der Waals surface area contributed by atoms with Crippen molar-refractivity contribution < 1.29 is 19.2 Å². The van der Waals surface area contributed by atoms with Crippen LogP contribution in [0.5, 0.6) is 5.75 Å². The van der Waals surface area contributed by atoms with Gasteiger partial charge in [-0.25, -0.2) is 0 Å². The summed E-state index contributed by atoms with van der Waals surface area (Å²) in [6.07, 6.45) is 0. The van der Waals surface area contributed by atoms with Crippen molar-refractivity contribution in [3.8, 4) is 5.75 Å². The minimum Gasteiger partial charge on any atom is -0.486 e. The molecule has 136 valence electrons. The van der Waals surface area contributed by atoms with Gasteiger partial charge in [-0.2, -0.15) is 0 Å². The van der Waals surface area contributed by atoms with Crippen molar-refractivity contribution in [3.63, 3.8) is 0 Å². The third-order valence-electron chi connectivity index (χ3n) is 3.64. The molecule has 2 aromatic carbocycles. The Morgan fingerprint density at radius 1 is 1.12 bits per heavy atom. The maximum atomic E-state index is 12.3. The number of Topliss-reactive ketones (excluding diaryl/α,β-unsaturated/α-hetero) is 1. The number of anilines is 1. The lowest BCUT2D eigenvalue weighted by Gasteiger charge is -2.17. The highest BCUT2D eigenvalue weighted by molar-refractivity contribution is 6.07. The zero-order valence-electron chi connectivity index (χ0n) is 14.8. The lowest BCUT2D eigenvalue weighted by Crippen LogP contribution is -2.26. The molecule has 0 saturated carbocycles. The lowest BCUT2D eigenvalue weighted by molar-refractivity contribution is -0.385. The molecule has 26 heavy (non-hydrogen) atoms. The second-order valence-corrected chi connectivity index (χ2v) is 6.72. The number of benzene rings is 2. The Hall–Kier alpha value is -3.22. The summed E-state index contributed by atoms with van der Waals surface area (Å²) in [5.74, 6) is -0.227. The molecular weight excluding hydrogens is 336 g/mol. The van der Waals surface area contributed by atoms with E-state index in [9.17, 15) is 19.7 Å². The van der Waals surface area contributed by atoms with E-state index in [1.807, 2.05) is 20.8 Å². The molecule has 0 saturated heterocycles. The van der Waals surface area contributed by atoms with E-state index in [4.69, 9.17) is 4.74 Å². The van der Waals surface area contributed by atoms with Crippen LogP contribution in [0.2, 0.25) is 0 Å². The van der Waals surface area contributed by atoms with Crippen LogP contribution in [0, 0.1) is 15.5 Å². The Labute approximate surface area is 151 Å². The average molecular weight is 356 g/mol. The van der Waals surface area contributed by atoms with Gasteiger partial charge in [-0.3, -0.25) is 19.7 Å². The predicted molar refractivity (Wildman–Crippen MR) is 97.4 cm³/mol. The maximum Gasteiger partial charge on any atom is 0.282 e. The standard InChI is InChI=1S/C19H20N2O5/c1-19(2,3)17(22)12-26-14-8-6-7-13(11-14)20-18(23)15-9-4-5-10-16(15)21(24)25/h4-11H,12H2,1-3H3,(H,20,23). The fraction of sp³-hybridized carbons (Fsp3) is 0.263. The van der Waals surface area contributed by atoms with E-state index in [0.29, 0.717) is 11.4 Å². The molecule has 2 rings (SSSR count). The third kappa shape index (κ3) is 4.89. The van der Waals surface area contributed by atoms with E-state index in [-0.39, 0.29) is 23.6 Å². The number of hydrogen-bond donors (Lipinski definition) is 1. The first-order valence-electron chi connectivity index (χ1n) is 7.99. The smallest absolute Gasteiger partial charge is 0.282 e. The van der Waals surface area contributed by atoms with Gasteiger partial charge in [0, 0.05) is 23.2 Å². The molecule has 1 N–H and O–H groups in total. The molecule has 0 bridgehead atoms. The number of hydrogen-bond acceptors (Lipinski definition) is 5. The predicted octanol–water partition coefficient (Wildman–Crippen LogP) is 3.84. The minimum absolute atomic E-state index is 0.0354. The van der Waals surface area contributed by atoms with Crippen molar-refractivity contribution in [1.82, 2.24) is 0 Å². The second kappa shape index (κ2) is 7.77. The number of ether oxygens (including phenoxy) is 1. The molecule has 0 spiro atoms. The number of carbonyl (C=O) groups excluding carboxylic acids is 2. The molecule has 0 aliphatic rings. The van der Waals surface area contributed by atoms with Crippen molar-refractivity contribution in [2.24, 2.45) is 5.41 Å². The Morgan fingerprint density at radius 2 is 1.81 bits per heavy atom. The number of nitro groups is 1. The van der Waals surface area contributed by atoms with Gasteiger partial charge in [-0.05, 0) is 18.2 Å². The molecule has 0 aromatic heterocycles. The molecule has 0 atom stereocenters. The van der Waals surface area contributed by atoms with Crippen LogP contribution in [-0.2, 0) is 4.79 Å². The summed E-state index contributed by atoms with van der Waals surface area (Å²) < 4.78 is 5.48. The molecule has 0 unspecified atom stereocenters. The first kappa shape index (κ1) is 19.1. The van der Waals surface area contributed by atoms with Crippen LogP contribution in [0.1, 0.15) is 31.1 Å². The van der Waals surface area contributed by atoms with E-state index >= 15 is 0 Å². The highest BCUT2D eigenvalue weighted by Crippen LogP contribution is 2.22. The first-order valence-corrected chi connectivity index (χ1v) is 7.99. The van der Waals surface area contributed by atoms with Crippen molar-refractivity contribution >= 4 is 23.1 Å². The number of nitrogens with zero attached hydrogens (tertiary/aromatic N) is 1. The van der Waals surface area contributed by atoms with Gasteiger partial charge in [0.2, 0.25) is 0 Å². The van der Waals surface area contributed by atoms with Gasteiger partial charge in [-0.15, -0.1) is 0 Å². The van der Waals surface area contributed by atoms with Gasteiger partial charge >= 0.3 is 0 Å². The normalized spacial score (nSPS) is 10.9. The highest BCUT2D eigenvalue weighted by atomic mass is 16.6. The van der Waals surface area contributed by atoms with Crippen LogP contribution in [0.3, 0.4) is 0 Å². The maximum absolute atomic E-state index is 12.3. The summed E-state index contributed by atoms with van der Waals surface area (Å²) in [5.41, 5.74) is -0.397. The number of para-hydroxylation sites is 1. The van der Waals surface area contributed by atoms with Gasteiger partial charge in [0.15, 0.2) is 5.78 Å². The van der Waals surface area contributed by atoms with Crippen molar-refractivity contribution in [2.75, 3.05) is 11.9 Å². The van der Waals surface area contributed by atoms with Crippen LogP contribution in [0.15, 0.2) is 48.5 Å². The van der Waals surface area contributed by atoms with E-state index in [1.165, 1.54) is 18.2 Å². The molecule has 0 heterocycles. The van der Waals surface area contributed by atoms with Crippen molar-refractivity contribution in [3.05, 3.63) is 64.2 Å². The zero-order valence-corrected chi connectivity index (χ0v) is 14.8. The number of nitrogens with one attached hydrogen (secondary N) is 1. The van der Waals surface area contributed by atoms with Gasteiger partial charge < -0.3 is 10.1 Å². The Balaban J connectivity index is 2.10. The molecule has 7 nitrogen and oxygen atoms in total. The van der Waals surface area contributed by atoms with Crippen LogP contribution >= 0.6 is 0 Å². The molecule has 7 heteroatoms. The number of carbonyl (C=O) groups is 2. The summed E-state index contributed by atoms with van der Waals surface area (Å²) in [6.45, 7) is 5.34. The van der Waals surface area contributed by atoms with Crippen molar-refractivity contribution in [1.29, 1.82) is 0 Å². The summed E-state index contributed by atoms with van der Waals surface area (Å²) in [5, 5.41) is 13.6.